The number of carbonyl (C=O) groups excluding carboxylic acids is 3. The van der Waals surface area contributed by atoms with E-state index in [1.165, 1.54) is 22.0 Å². The van der Waals surface area contributed by atoms with Gasteiger partial charge in [-0.2, -0.15) is 19.8 Å². The Morgan fingerprint density at radius 3 is 1.59 bits per heavy atom. The molecule has 0 aliphatic carbocycles. The van der Waals surface area contributed by atoms with Crippen molar-refractivity contribution in [3.63, 3.8) is 0 Å². The number of aryl methyl sites for hydroxylation is 4. The Balaban J connectivity index is 0.000000225. The van der Waals surface area contributed by atoms with Crippen molar-refractivity contribution in [2.45, 2.75) is 80.2 Å². The van der Waals surface area contributed by atoms with Gasteiger partial charge in [0.15, 0.2) is 11.4 Å². The molecule has 0 unspecified atom stereocenters. The quantitative estimate of drug-likeness (QED) is 0.0956. The predicted molar refractivity (Wildman–Crippen MR) is 263 cm³/mol. The number of aromatic nitrogens is 10. The standard InChI is InChI=1S/C26H28ClN7O3.C21H20ClN7O.ClH/c1-15-8-23(32-25(36)37-26(3,4)5)31-16(2)20(15)12-29-24(35)22-13-30-34(33-22)14-17-6-7-21-18(9-17)10-19(27)11-28-21;1-12-5-20(23)27-13(2)17(12)9-25-21(30)19-10-26-29(28-19)11-14-3-4-18-15(6-14)7-16(22)8-24-18;/h6-11,13H,12,14H2,1-5H3,(H,29,35)(H,31,32,36);3-8,10H,9,11H2,1-2H3,(H2,23,27)(H,25,30);1H. The van der Waals surface area contributed by atoms with Gasteiger partial charge in [-0.3, -0.25) is 24.9 Å². The van der Waals surface area contributed by atoms with E-state index in [1.807, 2.05) is 76.2 Å². The zero-order chi connectivity index (χ0) is 48.0. The van der Waals surface area contributed by atoms with Gasteiger partial charge in [0, 0.05) is 47.6 Å². The van der Waals surface area contributed by atoms with Gasteiger partial charge in [-0.05, 0) is 130 Å². The van der Waals surface area contributed by atoms with Crippen molar-refractivity contribution in [2.24, 2.45) is 0 Å². The summed E-state index contributed by atoms with van der Waals surface area (Å²) in [6, 6.07) is 18.9. The van der Waals surface area contributed by atoms with Crippen LogP contribution in [0.15, 0.2) is 85.5 Å². The van der Waals surface area contributed by atoms with Gasteiger partial charge >= 0.3 is 6.09 Å². The van der Waals surface area contributed by atoms with Crippen molar-refractivity contribution >= 4 is 87.0 Å². The number of carbonyl (C=O) groups is 3. The summed E-state index contributed by atoms with van der Waals surface area (Å²) in [7, 11) is 0. The van der Waals surface area contributed by atoms with Gasteiger partial charge in [0.25, 0.3) is 11.8 Å². The molecule has 0 bridgehead atoms. The number of amides is 3. The van der Waals surface area contributed by atoms with Crippen LogP contribution < -0.4 is 21.7 Å². The molecule has 68 heavy (non-hydrogen) atoms. The number of anilines is 2. The summed E-state index contributed by atoms with van der Waals surface area (Å²) in [4.78, 5) is 57.4. The number of nitrogens with one attached hydrogen (secondary N) is 3. The molecule has 6 heterocycles. The number of nitrogens with two attached hydrogens (primary N) is 1. The van der Waals surface area contributed by atoms with E-state index in [0.29, 0.717) is 47.0 Å². The van der Waals surface area contributed by atoms with Crippen LogP contribution in [0.3, 0.4) is 0 Å². The number of benzene rings is 2. The van der Waals surface area contributed by atoms with Crippen molar-refractivity contribution in [1.82, 2.24) is 60.6 Å². The highest BCUT2D eigenvalue weighted by Gasteiger charge is 2.19. The number of ether oxygens (including phenoxy) is 1. The van der Waals surface area contributed by atoms with Crippen LogP contribution in [-0.4, -0.2) is 73.4 Å². The fraction of sp³-hybridized carbons (Fsp3) is 0.255. The maximum Gasteiger partial charge on any atom is 0.413 e. The molecule has 0 spiro atoms. The second-order valence-electron chi connectivity index (χ2n) is 16.7. The topological polar surface area (TPSA) is 236 Å². The van der Waals surface area contributed by atoms with Crippen molar-refractivity contribution < 1.29 is 19.1 Å². The largest absolute Gasteiger partial charge is 0.444 e. The fourth-order valence-electron chi connectivity index (χ4n) is 7.06. The molecule has 0 saturated heterocycles. The molecule has 0 radical (unpaired) electrons. The average molecular weight is 980 g/mol. The monoisotopic (exact) mass is 978 g/mol. The zero-order valence-electron chi connectivity index (χ0n) is 38.3. The summed E-state index contributed by atoms with van der Waals surface area (Å²) in [5.41, 5.74) is 14.3. The molecule has 0 aliphatic rings. The molecule has 6 aromatic heterocycles. The normalized spacial score (nSPS) is 11.1. The van der Waals surface area contributed by atoms with Gasteiger partial charge in [-0.25, -0.2) is 14.8 Å². The summed E-state index contributed by atoms with van der Waals surface area (Å²) < 4.78 is 5.27. The van der Waals surface area contributed by atoms with Crippen molar-refractivity contribution in [1.29, 1.82) is 0 Å². The van der Waals surface area contributed by atoms with E-state index in [2.05, 4.69) is 56.3 Å². The van der Waals surface area contributed by atoms with Gasteiger partial charge in [-0.15, -0.1) is 22.6 Å². The predicted octanol–water partition coefficient (Wildman–Crippen LogP) is 8.29. The Morgan fingerprint density at radius 1 is 0.662 bits per heavy atom. The number of halogens is 3. The minimum absolute atomic E-state index is 0. The molecule has 0 aliphatic heterocycles. The zero-order valence-corrected chi connectivity index (χ0v) is 40.6. The lowest BCUT2D eigenvalue weighted by Crippen LogP contribution is -2.28. The molecule has 21 heteroatoms. The van der Waals surface area contributed by atoms with E-state index in [0.717, 1.165) is 60.9 Å². The van der Waals surface area contributed by atoms with Crippen LogP contribution >= 0.6 is 35.6 Å². The minimum atomic E-state index is -0.610. The molecule has 0 fully saturated rings. The molecule has 5 N–H and O–H groups in total. The fourth-order valence-corrected chi connectivity index (χ4v) is 7.39. The molecule has 3 amide bonds. The highest BCUT2D eigenvalue weighted by atomic mass is 35.5. The smallest absolute Gasteiger partial charge is 0.413 e. The SMILES string of the molecule is Cc1cc(N)nc(C)c1CNC(=O)c1cnn(Cc2ccc3ncc(Cl)cc3c2)n1.Cc1cc(NC(=O)OC(C)(C)C)nc(C)c1CNC(=O)c1cnn(Cc2ccc3ncc(Cl)cc3c2)n1.Cl. The lowest BCUT2D eigenvalue weighted by atomic mass is 10.1. The lowest BCUT2D eigenvalue weighted by molar-refractivity contribution is 0.0634. The van der Waals surface area contributed by atoms with Gasteiger partial charge in [-0.1, -0.05) is 35.3 Å². The third-order valence-electron chi connectivity index (χ3n) is 10.2. The number of pyridine rings is 4. The van der Waals surface area contributed by atoms with Crippen LogP contribution in [0, 0.1) is 27.7 Å². The van der Waals surface area contributed by atoms with E-state index in [1.54, 1.807) is 45.3 Å². The van der Waals surface area contributed by atoms with Crippen LogP contribution in [-0.2, 0) is 30.9 Å². The molecule has 8 rings (SSSR count). The van der Waals surface area contributed by atoms with Gasteiger partial charge in [0.05, 0.1) is 46.6 Å². The Bertz CT molecular complexity index is 3100. The molecule has 8 aromatic rings. The molecule has 18 nitrogen and oxygen atoms in total. The second kappa shape index (κ2) is 21.6. The maximum atomic E-state index is 12.7. The Hall–Kier alpha value is -7.28. The molecule has 2 aromatic carbocycles. The van der Waals surface area contributed by atoms with Crippen LogP contribution in [0.25, 0.3) is 21.8 Å². The number of hydrogen-bond acceptors (Lipinski definition) is 13. The van der Waals surface area contributed by atoms with E-state index in [4.69, 9.17) is 33.7 Å². The first kappa shape index (κ1) is 50.1. The van der Waals surface area contributed by atoms with Crippen LogP contribution in [0.5, 0.6) is 0 Å². The summed E-state index contributed by atoms with van der Waals surface area (Å²) in [5.74, 6) is 0.200. The van der Waals surface area contributed by atoms with Crippen LogP contribution in [0.2, 0.25) is 10.0 Å². The molecule has 352 valence electrons. The molecular formula is C47H49Cl3N14O4. The number of rotatable bonds is 11. The van der Waals surface area contributed by atoms with Crippen molar-refractivity contribution in [3.05, 3.63) is 152 Å². The van der Waals surface area contributed by atoms with Crippen molar-refractivity contribution in [3.8, 4) is 0 Å². The number of hydrogen-bond donors (Lipinski definition) is 4. The average Bonchev–Trinajstić information content (AvgIpc) is 3.92. The van der Waals surface area contributed by atoms with E-state index in [-0.39, 0.29) is 42.2 Å². The van der Waals surface area contributed by atoms with Crippen molar-refractivity contribution in [2.75, 3.05) is 11.1 Å². The van der Waals surface area contributed by atoms with E-state index in [9.17, 15) is 14.4 Å². The molecule has 0 saturated carbocycles. The number of nitrogens with zero attached hydrogens (tertiary/aromatic N) is 10. The van der Waals surface area contributed by atoms with Gasteiger partial charge in [0.2, 0.25) is 0 Å². The van der Waals surface area contributed by atoms with Gasteiger partial charge < -0.3 is 21.1 Å². The maximum absolute atomic E-state index is 12.7. The van der Waals surface area contributed by atoms with Gasteiger partial charge in [0.1, 0.15) is 17.2 Å². The Kier molecular flexibility index (Phi) is 15.9. The minimum Gasteiger partial charge on any atom is -0.444 e. The Morgan fingerprint density at radius 2 is 1.13 bits per heavy atom. The summed E-state index contributed by atoms with van der Waals surface area (Å²) in [6.45, 7) is 14.3. The van der Waals surface area contributed by atoms with E-state index >= 15 is 0 Å². The second-order valence-corrected chi connectivity index (χ2v) is 17.6. The van der Waals surface area contributed by atoms with E-state index < -0.39 is 11.7 Å². The lowest BCUT2D eigenvalue weighted by Gasteiger charge is -2.20. The summed E-state index contributed by atoms with van der Waals surface area (Å²) >= 11 is 12.1. The first-order valence-corrected chi connectivity index (χ1v) is 21.8. The number of fused-ring (bicyclic) bond motifs is 2. The van der Waals surface area contributed by atoms with Crippen LogP contribution in [0.4, 0.5) is 16.4 Å². The molecule has 0 atom stereocenters. The summed E-state index contributed by atoms with van der Waals surface area (Å²) in [6.07, 6.45) is 5.54. The third kappa shape index (κ3) is 13.2. The number of nitrogen functional groups attached to an aromatic ring is 1. The third-order valence-corrected chi connectivity index (χ3v) is 10.6. The summed E-state index contributed by atoms with van der Waals surface area (Å²) in [5, 5.41) is 28.4. The molecular weight excluding hydrogens is 931 g/mol. The Labute approximate surface area is 407 Å². The highest BCUT2D eigenvalue weighted by Crippen LogP contribution is 2.22. The van der Waals surface area contributed by atoms with Crippen LogP contribution in [0.1, 0.15) is 86.5 Å². The first-order chi connectivity index (χ1) is 31.8. The highest BCUT2D eigenvalue weighted by molar-refractivity contribution is 6.31. The first-order valence-electron chi connectivity index (χ1n) is 21.0.